The predicted octanol–water partition coefficient (Wildman–Crippen LogP) is 2.84. The van der Waals surface area contributed by atoms with E-state index in [1.807, 2.05) is 6.92 Å². The van der Waals surface area contributed by atoms with E-state index in [1.54, 1.807) is 48.5 Å². The van der Waals surface area contributed by atoms with Gasteiger partial charge in [-0.3, -0.25) is 10.1 Å². The van der Waals surface area contributed by atoms with Crippen LogP contribution < -0.4 is 10.6 Å². The average Bonchev–Trinajstić information content (AvgIpc) is 2.67. The second-order valence-electron chi connectivity index (χ2n) is 5.86. The van der Waals surface area contributed by atoms with Crippen molar-refractivity contribution < 1.29 is 24.2 Å². The molecule has 2 rings (SSSR count). The zero-order valence-corrected chi connectivity index (χ0v) is 15.0. The van der Waals surface area contributed by atoms with Gasteiger partial charge in [0.1, 0.15) is 5.75 Å². The number of phenols is 1. The lowest BCUT2D eigenvalue weighted by Crippen LogP contribution is -2.41. The van der Waals surface area contributed by atoms with Gasteiger partial charge in [0.15, 0.2) is 6.61 Å². The van der Waals surface area contributed by atoms with Crippen LogP contribution in [0.5, 0.6) is 5.75 Å². The van der Waals surface area contributed by atoms with Gasteiger partial charge in [-0.2, -0.15) is 0 Å². The van der Waals surface area contributed by atoms with Crippen LogP contribution in [0.1, 0.15) is 30.1 Å². The lowest BCUT2D eigenvalue weighted by atomic mass is 10.0. The highest BCUT2D eigenvalue weighted by molar-refractivity contribution is 5.97. The Bertz CT molecular complexity index is 785. The summed E-state index contributed by atoms with van der Waals surface area (Å²) < 4.78 is 4.91. The molecule has 0 unspecified atom stereocenters. The topological polar surface area (TPSA) is 105 Å². The van der Waals surface area contributed by atoms with E-state index in [2.05, 4.69) is 10.6 Å². The van der Waals surface area contributed by atoms with Gasteiger partial charge in [-0.25, -0.2) is 9.59 Å². The third kappa shape index (κ3) is 6.47. The maximum Gasteiger partial charge on any atom is 0.338 e. The maximum atomic E-state index is 12.0. The highest BCUT2D eigenvalue weighted by Crippen LogP contribution is 2.22. The molecule has 0 heterocycles. The summed E-state index contributed by atoms with van der Waals surface area (Å²) in [6, 6.07) is 12.7. The number of rotatable bonds is 7. The Balaban J connectivity index is 1.82. The lowest BCUT2D eigenvalue weighted by Gasteiger charge is -2.08. The second-order valence-corrected chi connectivity index (χ2v) is 5.86. The highest BCUT2D eigenvalue weighted by atomic mass is 16.5. The summed E-state index contributed by atoms with van der Waals surface area (Å²) in [6.07, 6.45) is 1.74. The van der Waals surface area contributed by atoms with Gasteiger partial charge in [-0.05, 0) is 41.8 Å². The Labute approximate surface area is 157 Å². The van der Waals surface area contributed by atoms with E-state index in [0.717, 1.165) is 24.0 Å². The number of amides is 3. The zero-order chi connectivity index (χ0) is 19.6. The standard InChI is InChI=1S/C20H22N2O5/c1-2-3-12-21-20(26)22-18(24)13-27-19(25)16-6-4-14(5-7-16)15-8-10-17(23)11-9-15/h4-11,23H,2-3,12-13H2,1H3,(H2,21,22,24,26). The number of nitrogens with one attached hydrogen (secondary N) is 2. The van der Waals surface area contributed by atoms with Crippen LogP contribution in [0.15, 0.2) is 48.5 Å². The van der Waals surface area contributed by atoms with Gasteiger partial charge < -0.3 is 15.2 Å². The minimum atomic E-state index is -0.696. The number of aromatic hydroxyl groups is 1. The monoisotopic (exact) mass is 370 g/mol. The largest absolute Gasteiger partial charge is 0.508 e. The summed E-state index contributed by atoms with van der Waals surface area (Å²) in [5.74, 6) is -1.18. The van der Waals surface area contributed by atoms with E-state index in [4.69, 9.17) is 4.74 Å². The second kappa shape index (κ2) is 9.96. The number of urea groups is 1. The summed E-state index contributed by atoms with van der Waals surface area (Å²) >= 11 is 0. The number of carbonyl (C=O) groups is 3. The Morgan fingerprint density at radius 3 is 2.15 bits per heavy atom. The third-order valence-corrected chi connectivity index (χ3v) is 3.72. The van der Waals surface area contributed by atoms with Crippen LogP contribution >= 0.6 is 0 Å². The molecule has 0 aliphatic rings. The SMILES string of the molecule is CCCCNC(=O)NC(=O)COC(=O)c1ccc(-c2ccc(O)cc2)cc1. The Kier molecular flexibility index (Phi) is 7.37. The fourth-order valence-corrected chi connectivity index (χ4v) is 2.25. The summed E-state index contributed by atoms with van der Waals surface area (Å²) in [5, 5.41) is 13.9. The first-order chi connectivity index (χ1) is 13.0. The Hall–Kier alpha value is -3.35. The van der Waals surface area contributed by atoms with Gasteiger partial charge in [0.2, 0.25) is 0 Å². The molecule has 3 N–H and O–H groups in total. The molecule has 2 aromatic rings. The van der Waals surface area contributed by atoms with Crippen LogP contribution in [0.3, 0.4) is 0 Å². The van der Waals surface area contributed by atoms with Gasteiger partial charge in [0.05, 0.1) is 5.56 Å². The van der Waals surface area contributed by atoms with Gasteiger partial charge in [-0.15, -0.1) is 0 Å². The molecule has 0 aliphatic carbocycles. The van der Waals surface area contributed by atoms with Crippen LogP contribution in [0.25, 0.3) is 11.1 Å². The number of ether oxygens (including phenoxy) is 1. The van der Waals surface area contributed by atoms with Crippen LogP contribution in [0.4, 0.5) is 4.79 Å². The van der Waals surface area contributed by atoms with Crippen LogP contribution in [0, 0.1) is 0 Å². The molecule has 0 fully saturated rings. The quantitative estimate of drug-likeness (QED) is 0.513. The summed E-state index contributed by atoms with van der Waals surface area (Å²) in [4.78, 5) is 35.1. The first-order valence-corrected chi connectivity index (χ1v) is 8.64. The third-order valence-electron chi connectivity index (χ3n) is 3.72. The van der Waals surface area contributed by atoms with Crippen molar-refractivity contribution in [3.8, 4) is 16.9 Å². The molecular formula is C20H22N2O5. The first kappa shape index (κ1) is 20.0. The number of hydrogen-bond donors (Lipinski definition) is 3. The smallest absolute Gasteiger partial charge is 0.338 e. The van der Waals surface area contributed by atoms with Crippen LogP contribution in [0.2, 0.25) is 0 Å². The molecule has 7 heteroatoms. The molecule has 0 aromatic heterocycles. The molecule has 3 amide bonds. The van der Waals surface area contributed by atoms with E-state index < -0.39 is 24.5 Å². The van der Waals surface area contributed by atoms with Gasteiger partial charge >= 0.3 is 12.0 Å². The number of imide groups is 1. The van der Waals surface area contributed by atoms with E-state index in [0.29, 0.717) is 6.54 Å². The minimum Gasteiger partial charge on any atom is -0.508 e. The molecule has 0 aliphatic heterocycles. The van der Waals surface area contributed by atoms with E-state index in [9.17, 15) is 19.5 Å². The molecule has 7 nitrogen and oxygen atoms in total. The molecule has 0 radical (unpaired) electrons. The van der Waals surface area contributed by atoms with Crippen LogP contribution in [-0.2, 0) is 9.53 Å². The lowest BCUT2D eigenvalue weighted by molar-refractivity contribution is -0.123. The van der Waals surface area contributed by atoms with E-state index in [1.165, 1.54) is 0 Å². The maximum absolute atomic E-state index is 12.0. The van der Waals surface area contributed by atoms with Crippen molar-refractivity contribution in [1.82, 2.24) is 10.6 Å². The number of hydrogen-bond acceptors (Lipinski definition) is 5. The van der Waals surface area contributed by atoms with Gasteiger partial charge in [0, 0.05) is 6.54 Å². The normalized spacial score (nSPS) is 10.1. The number of phenolic OH excluding ortho intramolecular Hbond substituents is 1. The molecule has 0 bridgehead atoms. The van der Waals surface area contributed by atoms with Crippen molar-refractivity contribution in [2.45, 2.75) is 19.8 Å². The molecular weight excluding hydrogens is 348 g/mol. The average molecular weight is 370 g/mol. The summed E-state index contributed by atoms with van der Waals surface area (Å²) in [7, 11) is 0. The first-order valence-electron chi connectivity index (χ1n) is 8.64. The highest BCUT2D eigenvalue weighted by Gasteiger charge is 2.12. The molecule has 27 heavy (non-hydrogen) atoms. The van der Waals surface area contributed by atoms with Crippen molar-refractivity contribution in [1.29, 1.82) is 0 Å². The number of benzene rings is 2. The van der Waals surface area contributed by atoms with Crippen molar-refractivity contribution in [3.63, 3.8) is 0 Å². The Morgan fingerprint density at radius 1 is 0.963 bits per heavy atom. The van der Waals surface area contributed by atoms with E-state index in [-0.39, 0.29) is 11.3 Å². The van der Waals surface area contributed by atoms with Crippen molar-refractivity contribution >= 4 is 17.9 Å². The molecule has 0 saturated heterocycles. The molecule has 2 aromatic carbocycles. The molecule has 0 atom stereocenters. The van der Waals surface area contributed by atoms with Crippen molar-refractivity contribution in [2.24, 2.45) is 0 Å². The molecule has 0 saturated carbocycles. The van der Waals surface area contributed by atoms with Crippen molar-refractivity contribution in [3.05, 3.63) is 54.1 Å². The fraction of sp³-hybridized carbons (Fsp3) is 0.250. The predicted molar refractivity (Wildman–Crippen MR) is 100 cm³/mol. The summed E-state index contributed by atoms with van der Waals surface area (Å²) in [5.41, 5.74) is 2.05. The number of carbonyl (C=O) groups excluding carboxylic acids is 3. The number of unbranched alkanes of at least 4 members (excludes halogenated alkanes) is 1. The molecule has 142 valence electrons. The van der Waals surface area contributed by atoms with Gasteiger partial charge in [0.25, 0.3) is 5.91 Å². The van der Waals surface area contributed by atoms with Crippen LogP contribution in [-0.4, -0.2) is 36.2 Å². The van der Waals surface area contributed by atoms with Crippen molar-refractivity contribution in [2.75, 3.05) is 13.2 Å². The Morgan fingerprint density at radius 2 is 1.56 bits per heavy atom. The zero-order valence-electron chi connectivity index (χ0n) is 15.0. The van der Waals surface area contributed by atoms with Gasteiger partial charge in [-0.1, -0.05) is 37.6 Å². The summed E-state index contributed by atoms with van der Waals surface area (Å²) in [6.45, 7) is 1.92. The molecule has 0 spiro atoms. The minimum absolute atomic E-state index is 0.177. The number of esters is 1. The fourth-order valence-electron chi connectivity index (χ4n) is 2.25. The van der Waals surface area contributed by atoms with E-state index >= 15 is 0 Å².